The maximum absolute atomic E-state index is 12.3. The third-order valence-electron chi connectivity index (χ3n) is 5.05. The molecular formula is C20H29N7O. The lowest BCUT2D eigenvalue weighted by atomic mass is 10.2. The van der Waals surface area contributed by atoms with Crippen LogP contribution in [0.5, 0.6) is 0 Å². The molecular weight excluding hydrogens is 354 g/mol. The molecule has 1 fully saturated rings. The molecule has 8 heteroatoms. The van der Waals surface area contributed by atoms with Gasteiger partial charge in [0, 0.05) is 55.9 Å². The van der Waals surface area contributed by atoms with Crippen molar-refractivity contribution in [3.63, 3.8) is 0 Å². The van der Waals surface area contributed by atoms with Gasteiger partial charge in [0.15, 0.2) is 0 Å². The second-order valence-electron chi connectivity index (χ2n) is 7.53. The Labute approximate surface area is 166 Å². The summed E-state index contributed by atoms with van der Waals surface area (Å²) >= 11 is 0. The van der Waals surface area contributed by atoms with Crippen molar-refractivity contribution in [1.82, 2.24) is 24.8 Å². The minimum atomic E-state index is -0.182. The summed E-state index contributed by atoms with van der Waals surface area (Å²) in [6, 6.07) is 2.25. The zero-order valence-electron chi connectivity index (χ0n) is 17.6. The first-order chi connectivity index (χ1) is 13.3. The molecule has 0 spiro atoms. The molecule has 1 saturated heterocycles. The van der Waals surface area contributed by atoms with Crippen molar-refractivity contribution >= 4 is 17.7 Å². The topological polar surface area (TPSA) is 87.1 Å². The van der Waals surface area contributed by atoms with E-state index in [2.05, 4.69) is 37.1 Å². The van der Waals surface area contributed by atoms with Crippen LogP contribution >= 0.6 is 0 Å². The number of amides is 1. The molecule has 3 heterocycles. The molecule has 28 heavy (non-hydrogen) atoms. The summed E-state index contributed by atoms with van der Waals surface area (Å²) in [5.41, 5.74) is 3.86. The molecule has 0 bridgehead atoms. The summed E-state index contributed by atoms with van der Waals surface area (Å²) in [7, 11) is 3.42. The zero-order valence-corrected chi connectivity index (χ0v) is 17.6. The van der Waals surface area contributed by atoms with E-state index in [-0.39, 0.29) is 17.8 Å². The lowest BCUT2D eigenvalue weighted by molar-refractivity contribution is 0.0815. The minimum Gasteiger partial charge on any atom is -0.354 e. The lowest BCUT2D eigenvalue weighted by Crippen LogP contribution is -2.30. The summed E-state index contributed by atoms with van der Waals surface area (Å²) in [4.78, 5) is 34.1. The number of anilines is 2. The monoisotopic (exact) mass is 383 g/mol. The summed E-state index contributed by atoms with van der Waals surface area (Å²) < 4.78 is 0. The van der Waals surface area contributed by atoms with Gasteiger partial charge in [-0.1, -0.05) is 6.92 Å². The Morgan fingerprint density at radius 1 is 1.21 bits per heavy atom. The van der Waals surface area contributed by atoms with Gasteiger partial charge in [0.1, 0.15) is 5.82 Å². The highest BCUT2D eigenvalue weighted by Crippen LogP contribution is 2.25. The molecule has 1 atom stereocenters. The van der Waals surface area contributed by atoms with E-state index < -0.39 is 0 Å². The molecule has 8 nitrogen and oxygen atoms in total. The van der Waals surface area contributed by atoms with Crippen molar-refractivity contribution in [3.05, 3.63) is 34.5 Å². The number of carbonyl (C=O) groups excluding carboxylic acids is 1. The Hall–Kier alpha value is -2.77. The van der Waals surface area contributed by atoms with Crippen LogP contribution < -0.4 is 10.2 Å². The van der Waals surface area contributed by atoms with Gasteiger partial charge >= 0.3 is 0 Å². The molecule has 2 aromatic rings. The van der Waals surface area contributed by atoms with E-state index in [0.717, 1.165) is 54.4 Å². The fourth-order valence-corrected chi connectivity index (χ4v) is 3.35. The molecule has 0 radical (unpaired) electrons. The van der Waals surface area contributed by atoms with Crippen LogP contribution in [0.25, 0.3) is 0 Å². The molecule has 0 aromatic carbocycles. The number of carbonyl (C=O) groups is 1. The molecule has 1 aliphatic heterocycles. The highest BCUT2D eigenvalue weighted by atomic mass is 16.2. The lowest BCUT2D eigenvalue weighted by Gasteiger charge is -2.22. The molecule has 2 aromatic heterocycles. The fraction of sp³-hybridized carbons (Fsp3) is 0.550. The van der Waals surface area contributed by atoms with Gasteiger partial charge < -0.3 is 15.1 Å². The van der Waals surface area contributed by atoms with Gasteiger partial charge in [-0.25, -0.2) is 19.9 Å². The smallest absolute Gasteiger partial charge is 0.291 e. The Morgan fingerprint density at radius 3 is 2.64 bits per heavy atom. The van der Waals surface area contributed by atoms with Gasteiger partial charge in [-0.2, -0.15) is 0 Å². The Kier molecular flexibility index (Phi) is 5.76. The number of hydrogen-bond acceptors (Lipinski definition) is 7. The first-order valence-electron chi connectivity index (χ1n) is 9.71. The predicted octanol–water partition coefficient (Wildman–Crippen LogP) is 2.15. The van der Waals surface area contributed by atoms with E-state index in [4.69, 9.17) is 0 Å². The SMILES string of the molecule is CCc1cc(C)nc(N[C@@H]2CCN(c3nc(C(=O)N(C)C)nc(C)c3C)C2)n1. The number of rotatable bonds is 5. The van der Waals surface area contributed by atoms with E-state index in [0.29, 0.717) is 5.95 Å². The van der Waals surface area contributed by atoms with Gasteiger partial charge in [-0.15, -0.1) is 0 Å². The van der Waals surface area contributed by atoms with Crippen molar-refractivity contribution in [2.24, 2.45) is 0 Å². The highest BCUT2D eigenvalue weighted by Gasteiger charge is 2.27. The molecule has 1 amide bonds. The minimum absolute atomic E-state index is 0.182. The zero-order chi connectivity index (χ0) is 20.4. The van der Waals surface area contributed by atoms with Crippen LogP contribution in [-0.4, -0.2) is 64.0 Å². The molecule has 1 N–H and O–H groups in total. The van der Waals surface area contributed by atoms with E-state index in [1.54, 1.807) is 14.1 Å². The Balaban J connectivity index is 1.78. The van der Waals surface area contributed by atoms with Crippen LogP contribution in [0.15, 0.2) is 6.07 Å². The van der Waals surface area contributed by atoms with Crippen molar-refractivity contribution < 1.29 is 4.79 Å². The van der Waals surface area contributed by atoms with Crippen molar-refractivity contribution in [3.8, 4) is 0 Å². The fourth-order valence-electron chi connectivity index (χ4n) is 3.35. The highest BCUT2D eigenvalue weighted by molar-refractivity contribution is 5.90. The number of aromatic nitrogens is 4. The number of aryl methyl sites for hydroxylation is 3. The maximum atomic E-state index is 12.3. The second kappa shape index (κ2) is 8.08. The van der Waals surface area contributed by atoms with Crippen molar-refractivity contribution in [2.75, 3.05) is 37.4 Å². The Morgan fingerprint density at radius 2 is 1.96 bits per heavy atom. The summed E-state index contributed by atoms with van der Waals surface area (Å²) in [5.74, 6) is 1.58. The number of hydrogen-bond donors (Lipinski definition) is 1. The third kappa shape index (κ3) is 4.21. The maximum Gasteiger partial charge on any atom is 0.291 e. The summed E-state index contributed by atoms with van der Waals surface area (Å²) in [6.07, 6.45) is 1.84. The van der Waals surface area contributed by atoms with Crippen molar-refractivity contribution in [2.45, 2.75) is 46.6 Å². The van der Waals surface area contributed by atoms with E-state index in [9.17, 15) is 4.79 Å². The first-order valence-corrected chi connectivity index (χ1v) is 9.71. The van der Waals surface area contributed by atoms with Crippen LogP contribution in [0.3, 0.4) is 0 Å². The van der Waals surface area contributed by atoms with Gasteiger partial charge in [-0.05, 0) is 39.7 Å². The quantitative estimate of drug-likeness (QED) is 0.846. The van der Waals surface area contributed by atoms with Gasteiger partial charge in [-0.3, -0.25) is 4.79 Å². The van der Waals surface area contributed by atoms with Crippen LogP contribution in [0.2, 0.25) is 0 Å². The largest absolute Gasteiger partial charge is 0.354 e. The molecule has 0 aliphatic carbocycles. The third-order valence-corrected chi connectivity index (χ3v) is 5.05. The molecule has 1 aliphatic rings. The molecule has 150 valence electrons. The molecule has 0 saturated carbocycles. The first kappa shape index (κ1) is 20.0. The standard InChI is InChI=1S/C20H29N7O/c1-7-15-10-12(2)21-20(23-15)24-16-8-9-27(11-16)18-13(3)14(4)22-17(25-18)19(28)26(5)6/h10,16H,7-9,11H2,1-6H3,(H,21,23,24)/t16-/m1/s1. The second-order valence-corrected chi connectivity index (χ2v) is 7.53. The summed E-state index contributed by atoms with van der Waals surface area (Å²) in [5, 5.41) is 3.46. The normalized spacial score (nSPS) is 16.4. The van der Waals surface area contributed by atoms with Crippen LogP contribution in [-0.2, 0) is 6.42 Å². The molecule has 3 rings (SSSR count). The van der Waals surface area contributed by atoms with Crippen LogP contribution in [0.1, 0.15) is 46.6 Å². The van der Waals surface area contributed by atoms with Crippen LogP contribution in [0.4, 0.5) is 11.8 Å². The number of nitrogens with one attached hydrogen (secondary N) is 1. The van der Waals surface area contributed by atoms with Crippen molar-refractivity contribution in [1.29, 1.82) is 0 Å². The number of nitrogens with zero attached hydrogens (tertiary/aromatic N) is 6. The van der Waals surface area contributed by atoms with E-state index in [1.807, 2.05) is 26.8 Å². The van der Waals surface area contributed by atoms with Gasteiger partial charge in [0.2, 0.25) is 11.8 Å². The van der Waals surface area contributed by atoms with Gasteiger partial charge in [0.25, 0.3) is 5.91 Å². The van der Waals surface area contributed by atoms with Gasteiger partial charge in [0.05, 0.1) is 0 Å². The predicted molar refractivity (Wildman–Crippen MR) is 110 cm³/mol. The average Bonchev–Trinajstić information content (AvgIpc) is 3.10. The summed E-state index contributed by atoms with van der Waals surface area (Å²) in [6.45, 7) is 9.65. The molecule has 0 unspecified atom stereocenters. The van der Waals surface area contributed by atoms with E-state index >= 15 is 0 Å². The average molecular weight is 384 g/mol. The van der Waals surface area contributed by atoms with Crippen LogP contribution in [0, 0.1) is 20.8 Å². The van der Waals surface area contributed by atoms with E-state index in [1.165, 1.54) is 4.90 Å². The Bertz CT molecular complexity index is 881.